The summed E-state index contributed by atoms with van der Waals surface area (Å²) < 4.78 is 0. The molecule has 0 rings (SSSR count). The van der Waals surface area contributed by atoms with Crippen molar-refractivity contribution in [2.24, 2.45) is 0 Å². The minimum absolute atomic E-state index is 0.174. The molecule has 2 N–H and O–H groups in total. The third-order valence-corrected chi connectivity index (χ3v) is 2.26. The summed E-state index contributed by atoms with van der Waals surface area (Å²) in [6, 6.07) is 0. The van der Waals surface area contributed by atoms with Gasteiger partial charge in [-0.15, -0.1) is 0 Å². The van der Waals surface area contributed by atoms with Crippen LogP contribution in [-0.2, 0) is 0 Å². The molecule has 0 spiro atoms. The van der Waals surface area contributed by atoms with E-state index < -0.39 is 0 Å². The first-order chi connectivity index (χ1) is 6.81. The monoisotopic (exact) mass is 200 g/mol. The molecule has 0 aromatic heterocycles. The molecule has 0 radical (unpaired) electrons. The maximum Gasteiger partial charge on any atom is 0.0574 e. The number of hydrogen-bond donors (Lipinski definition) is 2. The lowest BCUT2D eigenvalue weighted by Gasteiger charge is -2.06. The Labute approximate surface area is 87.7 Å². The fourth-order valence-electron chi connectivity index (χ4n) is 1.38. The summed E-state index contributed by atoms with van der Waals surface area (Å²) in [5.74, 6) is 0. The Morgan fingerprint density at radius 2 is 1.79 bits per heavy atom. The van der Waals surface area contributed by atoms with Crippen molar-refractivity contribution in [2.45, 2.75) is 58.0 Å². The Kier molecular flexibility index (Phi) is 10.5. The van der Waals surface area contributed by atoms with E-state index in [1.165, 1.54) is 0 Å². The van der Waals surface area contributed by atoms with Gasteiger partial charge in [-0.1, -0.05) is 38.3 Å². The topological polar surface area (TPSA) is 40.5 Å². The van der Waals surface area contributed by atoms with Gasteiger partial charge in [0.15, 0.2) is 0 Å². The first-order valence-corrected chi connectivity index (χ1v) is 5.75. The minimum Gasteiger partial charge on any atom is -0.396 e. The molecule has 2 nitrogen and oxygen atoms in total. The summed E-state index contributed by atoms with van der Waals surface area (Å²) in [6.07, 6.45) is 10.9. The van der Waals surface area contributed by atoms with Gasteiger partial charge in [-0.05, 0) is 25.7 Å². The molecular formula is C12H24O2. The van der Waals surface area contributed by atoms with Crippen LogP contribution in [0.3, 0.4) is 0 Å². The van der Waals surface area contributed by atoms with Crippen LogP contribution in [0.1, 0.15) is 51.9 Å². The average Bonchev–Trinajstić information content (AvgIpc) is 2.18. The highest BCUT2D eigenvalue weighted by molar-refractivity contribution is 4.82. The number of aliphatic hydroxyl groups is 2. The number of rotatable bonds is 9. The average molecular weight is 200 g/mol. The Balaban J connectivity index is 3.18. The van der Waals surface area contributed by atoms with Crippen LogP contribution in [0.25, 0.3) is 0 Å². The molecule has 0 aromatic rings. The second-order valence-corrected chi connectivity index (χ2v) is 3.70. The highest BCUT2D eigenvalue weighted by Gasteiger charge is 2.00. The zero-order chi connectivity index (χ0) is 10.6. The Bertz CT molecular complexity index is 132. The van der Waals surface area contributed by atoms with E-state index in [1.54, 1.807) is 0 Å². The number of allylic oxidation sites excluding steroid dienone is 1. The first kappa shape index (κ1) is 13.7. The van der Waals surface area contributed by atoms with Crippen molar-refractivity contribution in [3.63, 3.8) is 0 Å². The molecule has 0 aliphatic rings. The molecule has 1 atom stereocenters. The number of hydrogen-bond acceptors (Lipinski definition) is 2. The predicted octanol–water partition coefficient (Wildman–Crippen LogP) is 2.65. The van der Waals surface area contributed by atoms with Crippen LogP contribution in [0.4, 0.5) is 0 Å². The van der Waals surface area contributed by atoms with Gasteiger partial charge in [0.05, 0.1) is 6.10 Å². The summed E-state index contributed by atoms with van der Waals surface area (Å²) in [7, 11) is 0. The summed E-state index contributed by atoms with van der Waals surface area (Å²) in [5, 5.41) is 18.1. The molecule has 0 fully saturated rings. The minimum atomic E-state index is -0.174. The smallest absolute Gasteiger partial charge is 0.0574 e. The van der Waals surface area contributed by atoms with Crippen LogP contribution >= 0.6 is 0 Å². The van der Waals surface area contributed by atoms with Gasteiger partial charge in [0, 0.05) is 6.61 Å². The van der Waals surface area contributed by atoms with Crippen LogP contribution < -0.4 is 0 Å². The molecule has 2 heteroatoms. The fourth-order valence-corrected chi connectivity index (χ4v) is 1.38. The van der Waals surface area contributed by atoms with Crippen LogP contribution in [-0.4, -0.2) is 22.9 Å². The quantitative estimate of drug-likeness (QED) is 0.444. The zero-order valence-corrected chi connectivity index (χ0v) is 9.28. The van der Waals surface area contributed by atoms with Crippen molar-refractivity contribution in [3.05, 3.63) is 12.2 Å². The Hall–Kier alpha value is -0.340. The summed E-state index contributed by atoms with van der Waals surface area (Å²) in [5.41, 5.74) is 0. The lowest BCUT2D eigenvalue weighted by molar-refractivity contribution is 0.163. The van der Waals surface area contributed by atoms with Crippen molar-refractivity contribution >= 4 is 0 Å². The first-order valence-electron chi connectivity index (χ1n) is 5.75. The molecule has 0 aromatic carbocycles. The number of unbranched alkanes of at least 4 members (excludes halogenated alkanes) is 3. The van der Waals surface area contributed by atoms with Gasteiger partial charge in [0.1, 0.15) is 0 Å². The lowest BCUT2D eigenvalue weighted by Crippen LogP contribution is -2.04. The summed E-state index contributed by atoms with van der Waals surface area (Å²) in [6.45, 7) is 2.39. The maximum absolute atomic E-state index is 9.53. The van der Waals surface area contributed by atoms with Crippen molar-refractivity contribution in [2.75, 3.05) is 6.61 Å². The van der Waals surface area contributed by atoms with Crippen LogP contribution in [0, 0.1) is 0 Å². The molecule has 0 saturated carbocycles. The molecule has 0 aliphatic heterocycles. The van der Waals surface area contributed by atoms with Gasteiger partial charge in [0.25, 0.3) is 0 Å². The van der Waals surface area contributed by atoms with E-state index in [2.05, 4.69) is 19.1 Å². The third kappa shape index (κ3) is 9.75. The van der Waals surface area contributed by atoms with Crippen molar-refractivity contribution in [3.8, 4) is 0 Å². The largest absolute Gasteiger partial charge is 0.396 e. The predicted molar refractivity (Wildman–Crippen MR) is 60.2 cm³/mol. The molecule has 84 valence electrons. The highest BCUT2D eigenvalue weighted by atomic mass is 16.3. The van der Waals surface area contributed by atoms with Crippen LogP contribution in [0.15, 0.2) is 12.2 Å². The molecule has 1 unspecified atom stereocenters. The molecule has 0 amide bonds. The fraction of sp³-hybridized carbons (Fsp3) is 0.833. The molecular weight excluding hydrogens is 176 g/mol. The molecule has 0 heterocycles. The van der Waals surface area contributed by atoms with Gasteiger partial charge in [0.2, 0.25) is 0 Å². The normalized spacial score (nSPS) is 13.6. The Morgan fingerprint density at radius 3 is 2.43 bits per heavy atom. The van der Waals surface area contributed by atoms with Crippen LogP contribution in [0.5, 0.6) is 0 Å². The van der Waals surface area contributed by atoms with E-state index in [1.807, 2.05) is 0 Å². The molecule has 14 heavy (non-hydrogen) atoms. The van der Waals surface area contributed by atoms with Crippen molar-refractivity contribution < 1.29 is 10.2 Å². The van der Waals surface area contributed by atoms with Crippen LogP contribution in [0.2, 0.25) is 0 Å². The molecule has 0 bridgehead atoms. The van der Waals surface area contributed by atoms with Gasteiger partial charge >= 0.3 is 0 Å². The second-order valence-electron chi connectivity index (χ2n) is 3.70. The van der Waals surface area contributed by atoms with Gasteiger partial charge in [-0.25, -0.2) is 0 Å². The van der Waals surface area contributed by atoms with Crippen molar-refractivity contribution in [1.29, 1.82) is 0 Å². The summed E-state index contributed by atoms with van der Waals surface area (Å²) in [4.78, 5) is 0. The van der Waals surface area contributed by atoms with Gasteiger partial charge in [-0.3, -0.25) is 0 Å². The number of aliphatic hydroxyl groups excluding tert-OH is 2. The highest BCUT2D eigenvalue weighted by Crippen LogP contribution is 2.08. The third-order valence-electron chi connectivity index (χ3n) is 2.26. The van der Waals surface area contributed by atoms with E-state index >= 15 is 0 Å². The van der Waals surface area contributed by atoms with E-state index in [0.717, 1.165) is 44.9 Å². The molecule has 0 aliphatic carbocycles. The standard InChI is InChI=1S/C12H24O2/c1-2-3-6-9-12(14)10-7-4-5-8-11-13/h3,6,12-14H,2,4-5,7-11H2,1H3. The van der Waals surface area contributed by atoms with E-state index in [4.69, 9.17) is 5.11 Å². The van der Waals surface area contributed by atoms with Crippen molar-refractivity contribution in [1.82, 2.24) is 0 Å². The zero-order valence-electron chi connectivity index (χ0n) is 9.28. The second kappa shape index (κ2) is 10.7. The summed E-state index contributed by atoms with van der Waals surface area (Å²) >= 11 is 0. The van der Waals surface area contributed by atoms with E-state index in [9.17, 15) is 5.11 Å². The van der Waals surface area contributed by atoms with E-state index in [0.29, 0.717) is 6.61 Å². The van der Waals surface area contributed by atoms with Gasteiger partial charge in [-0.2, -0.15) is 0 Å². The Morgan fingerprint density at radius 1 is 1.07 bits per heavy atom. The maximum atomic E-state index is 9.53. The SMILES string of the molecule is CCC=CCC(O)CCCCCCO. The van der Waals surface area contributed by atoms with Gasteiger partial charge < -0.3 is 10.2 Å². The van der Waals surface area contributed by atoms with E-state index in [-0.39, 0.29) is 6.10 Å². The molecule has 0 saturated heterocycles. The lowest BCUT2D eigenvalue weighted by atomic mass is 10.1.